The van der Waals surface area contributed by atoms with Gasteiger partial charge in [0.05, 0.1) is 5.56 Å². The largest absolute Gasteiger partial charge is 0.416 e. The van der Waals surface area contributed by atoms with Gasteiger partial charge in [0.25, 0.3) is 0 Å². The number of carbonyl (C=O) groups excluding carboxylic acids is 1. The summed E-state index contributed by atoms with van der Waals surface area (Å²) in [6.07, 6.45) is -10.0. The number of rotatable bonds is 4. The molecule has 0 bridgehead atoms. The number of hydrogen-bond donors (Lipinski definition) is 1. The van der Waals surface area contributed by atoms with E-state index in [9.17, 15) is 31.1 Å². The lowest BCUT2D eigenvalue weighted by Gasteiger charge is -2.24. The Morgan fingerprint density at radius 1 is 1.19 bits per heavy atom. The summed E-state index contributed by atoms with van der Waals surface area (Å²) in [7, 11) is 1.08. The van der Waals surface area contributed by atoms with Crippen molar-refractivity contribution in [3.8, 4) is 0 Å². The zero-order valence-electron chi connectivity index (χ0n) is 10.7. The van der Waals surface area contributed by atoms with E-state index < -0.39 is 42.0 Å². The lowest BCUT2D eigenvalue weighted by molar-refractivity contribution is -0.168. The number of benzene rings is 1. The zero-order valence-corrected chi connectivity index (χ0v) is 10.7. The summed E-state index contributed by atoms with van der Waals surface area (Å²) in [5, 5.41) is 1.50. The molecule has 0 spiro atoms. The summed E-state index contributed by atoms with van der Waals surface area (Å²) in [6.45, 7) is -0.694. The van der Waals surface area contributed by atoms with Crippen LogP contribution in [0.15, 0.2) is 24.3 Å². The van der Waals surface area contributed by atoms with E-state index >= 15 is 0 Å². The molecule has 1 atom stereocenters. The van der Waals surface area contributed by atoms with Gasteiger partial charge in [-0.2, -0.15) is 26.3 Å². The fourth-order valence-electron chi connectivity index (χ4n) is 1.68. The molecule has 1 rings (SSSR count). The number of hydrogen-bond acceptors (Lipinski definition) is 2. The first-order valence-electron chi connectivity index (χ1n) is 5.58. The van der Waals surface area contributed by atoms with Crippen LogP contribution in [0, 0.1) is 0 Å². The molecule has 1 aromatic carbocycles. The van der Waals surface area contributed by atoms with Crippen LogP contribution >= 0.6 is 0 Å². The average molecular weight is 315 g/mol. The molecule has 0 aliphatic carbocycles. The molecule has 0 unspecified atom stereocenters. The molecule has 0 saturated heterocycles. The van der Waals surface area contributed by atoms with Gasteiger partial charge in [0.2, 0.25) is 5.91 Å². The number of amides is 1. The minimum absolute atomic E-state index is 0.524. The molecule has 3 nitrogen and oxygen atoms in total. The van der Waals surface area contributed by atoms with Gasteiger partial charge < -0.3 is 10.1 Å². The molecular formula is C12H11F6NO2. The Bertz CT molecular complexity index is 497. The second kappa shape index (κ2) is 6.33. The monoisotopic (exact) mass is 315 g/mol. The SMILES string of the molecule is COCC(=O)N[C@H](c1ccccc1C(F)(F)F)C(F)(F)F. The van der Waals surface area contributed by atoms with Crippen LogP contribution in [0.25, 0.3) is 0 Å². The lowest BCUT2D eigenvalue weighted by Crippen LogP contribution is -2.40. The Morgan fingerprint density at radius 2 is 1.76 bits per heavy atom. The van der Waals surface area contributed by atoms with E-state index in [-0.39, 0.29) is 0 Å². The number of halogens is 6. The maximum atomic E-state index is 13.0. The topological polar surface area (TPSA) is 38.3 Å². The molecule has 0 fully saturated rings. The van der Waals surface area contributed by atoms with Crippen LogP contribution < -0.4 is 5.32 Å². The molecule has 118 valence electrons. The van der Waals surface area contributed by atoms with Crippen molar-refractivity contribution in [2.75, 3.05) is 13.7 Å². The number of methoxy groups -OCH3 is 1. The van der Waals surface area contributed by atoms with Crippen LogP contribution in [-0.2, 0) is 15.7 Å². The summed E-state index contributed by atoms with van der Waals surface area (Å²) in [4.78, 5) is 11.2. The van der Waals surface area contributed by atoms with Crippen molar-refractivity contribution in [1.82, 2.24) is 5.32 Å². The molecule has 0 saturated carbocycles. The van der Waals surface area contributed by atoms with Crippen molar-refractivity contribution >= 4 is 5.91 Å². The summed E-state index contributed by atoms with van der Waals surface area (Å²) < 4.78 is 81.5. The van der Waals surface area contributed by atoms with E-state index in [0.29, 0.717) is 12.1 Å². The lowest BCUT2D eigenvalue weighted by atomic mass is 9.99. The minimum Gasteiger partial charge on any atom is -0.375 e. The minimum atomic E-state index is -5.08. The van der Waals surface area contributed by atoms with Crippen LogP contribution in [0.1, 0.15) is 17.2 Å². The number of ether oxygens (including phenoxy) is 1. The molecule has 21 heavy (non-hydrogen) atoms. The smallest absolute Gasteiger partial charge is 0.375 e. The molecule has 9 heteroatoms. The third kappa shape index (κ3) is 4.62. The number of alkyl halides is 6. The van der Waals surface area contributed by atoms with E-state index in [1.165, 1.54) is 5.32 Å². The highest BCUT2D eigenvalue weighted by Gasteiger charge is 2.46. The second-order valence-corrected chi connectivity index (χ2v) is 4.06. The third-order valence-corrected chi connectivity index (χ3v) is 2.49. The average Bonchev–Trinajstić information content (AvgIpc) is 2.34. The van der Waals surface area contributed by atoms with Crippen molar-refractivity contribution < 1.29 is 35.9 Å². The molecule has 0 radical (unpaired) electrons. The predicted octanol–water partition coefficient (Wildman–Crippen LogP) is 3.07. The van der Waals surface area contributed by atoms with Gasteiger partial charge in [-0.3, -0.25) is 4.79 Å². The maximum absolute atomic E-state index is 13.0. The molecule has 0 heterocycles. The van der Waals surface area contributed by atoms with Gasteiger partial charge in [-0.15, -0.1) is 0 Å². The molecule has 1 amide bonds. The fourth-order valence-corrected chi connectivity index (χ4v) is 1.68. The Hall–Kier alpha value is -1.77. The highest BCUT2D eigenvalue weighted by molar-refractivity contribution is 5.77. The van der Waals surface area contributed by atoms with E-state index in [4.69, 9.17) is 0 Å². The predicted molar refractivity (Wildman–Crippen MR) is 60.3 cm³/mol. The Balaban J connectivity index is 3.25. The zero-order chi connectivity index (χ0) is 16.3. The highest BCUT2D eigenvalue weighted by atomic mass is 19.4. The summed E-state index contributed by atoms with van der Waals surface area (Å²) in [5.41, 5.74) is -2.52. The Kier molecular flexibility index (Phi) is 5.21. The van der Waals surface area contributed by atoms with Crippen molar-refractivity contribution in [2.45, 2.75) is 18.4 Å². The van der Waals surface area contributed by atoms with E-state index in [0.717, 1.165) is 19.2 Å². The van der Waals surface area contributed by atoms with E-state index in [2.05, 4.69) is 4.74 Å². The van der Waals surface area contributed by atoms with E-state index in [1.54, 1.807) is 0 Å². The summed E-state index contributed by atoms with van der Waals surface area (Å²) in [6, 6.07) is 0.436. The summed E-state index contributed by atoms with van der Waals surface area (Å²) in [5.74, 6) is -1.17. The van der Waals surface area contributed by atoms with Gasteiger partial charge in [-0.25, -0.2) is 0 Å². The van der Waals surface area contributed by atoms with Gasteiger partial charge in [0, 0.05) is 7.11 Å². The Labute approximate surface area is 115 Å². The van der Waals surface area contributed by atoms with Crippen LogP contribution in [0.5, 0.6) is 0 Å². The quantitative estimate of drug-likeness (QED) is 0.867. The maximum Gasteiger partial charge on any atom is 0.416 e. The highest BCUT2D eigenvalue weighted by Crippen LogP contribution is 2.40. The van der Waals surface area contributed by atoms with Crippen LogP contribution in [0.4, 0.5) is 26.3 Å². The van der Waals surface area contributed by atoms with Crippen LogP contribution in [-0.4, -0.2) is 25.8 Å². The van der Waals surface area contributed by atoms with Gasteiger partial charge in [0.15, 0.2) is 6.04 Å². The standard InChI is InChI=1S/C12H11F6NO2/c1-21-6-9(20)19-10(12(16,17)18)7-4-2-3-5-8(7)11(13,14)15/h2-5,10H,6H2,1H3,(H,19,20)/t10-/m1/s1. The fraction of sp³-hybridized carbons (Fsp3) is 0.417. The van der Waals surface area contributed by atoms with Crippen molar-refractivity contribution in [1.29, 1.82) is 0 Å². The molecule has 0 aliphatic heterocycles. The summed E-state index contributed by atoms with van der Waals surface area (Å²) >= 11 is 0. The van der Waals surface area contributed by atoms with Gasteiger partial charge >= 0.3 is 12.4 Å². The molecular weight excluding hydrogens is 304 g/mol. The van der Waals surface area contributed by atoms with Crippen molar-refractivity contribution in [2.24, 2.45) is 0 Å². The first-order valence-corrected chi connectivity index (χ1v) is 5.58. The first-order chi connectivity index (χ1) is 9.57. The van der Waals surface area contributed by atoms with Crippen LogP contribution in [0.2, 0.25) is 0 Å². The first kappa shape index (κ1) is 17.3. The van der Waals surface area contributed by atoms with Gasteiger partial charge in [-0.1, -0.05) is 18.2 Å². The van der Waals surface area contributed by atoms with Crippen LogP contribution in [0.3, 0.4) is 0 Å². The molecule has 0 aliphatic rings. The molecule has 1 aromatic rings. The van der Waals surface area contributed by atoms with Crippen molar-refractivity contribution in [3.63, 3.8) is 0 Å². The van der Waals surface area contributed by atoms with Gasteiger partial charge in [0.1, 0.15) is 6.61 Å². The van der Waals surface area contributed by atoms with E-state index in [1.807, 2.05) is 0 Å². The number of carbonyl (C=O) groups is 1. The molecule has 1 N–H and O–H groups in total. The normalized spacial score (nSPS) is 13.9. The number of nitrogens with one attached hydrogen (secondary N) is 1. The second-order valence-electron chi connectivity index (χ2n) is 4.06. The Morgan fingerprint density at radius 3 is 2.24 bits per heavy atom. The van der Waals surface area contributed by atoms with Crippen molar-refractivity contribution in [3.05, 3.63) is 35.4 Å². The van der Waals surface area contributed by atoms with Gasteiger partial charge in [-0.05, 0) is 11.6 Å². The molecule has 0 aromatic heterocycles. The third-order valence-electron chi connectivity index (χ3n) is 2.49.